The predicted octanol–water partition coefficient (Wildman–Crippen LogP) is 5.01. The Morgan fingerprint density at radius 2 is 1.69 bits per heavy atom. The summed E-state index contributed by atoms with van der Waals surface area (Å²) in [5.74, 6) is -1.09. The van der Waals surface area contributed by atoms with Crippen molar-refractivity contribution in [1.82, 2.24) is 10.2 Å². The molecule has 7 nitrogen and oxygen atoms in total. The molecule has 2 aromatic rings. The maximum atomic E-state index is 13.3. The molecule has 0 bridgehead atoms. The molecule has 0 unspecified atom stereocenters. The summed E-state index contributed by atoms with van der Waals surface area (Å²) in [5, 5.41) is 3.60. The third-order valence-corrected chi connectivity index (χ3v) is 7.71. The number of nitrogens with zero attached hydrogens (tertiary/aromatic N) is 2. The predicted molar refractivity (Wildman–Crippen MR) is 142 cm³/mol. The summed E-state index contributed by atoms with van der Waals surface area (Å²) >= 11 is 12.1. The van der Waals surface area contributed by atoms with Crippen molar-refractivity contribution in [2.45, 2.75) is 58.7 Å². The van der Waals surface area contributed by atoms with Gasteiger partial charge in [-0.3, -0.25) is 13.9 Å². The van der Waals surface area contributed by atoms with Crippen molar-refractivity contribution in [3.8, 4) is 0 Å². The quantitative estimate of drug-likeness (QED) is 0.396. The largest absolute Gasteiger partial charge is 0.352 e. The average molecular weight is 561 g/mol. The van der Waals surface area contributed by atoms with Crippen molar-refractivity contribution in [2.75, 3.05) is 17.1 Å². The lowest BCUT2D eigenvalue weighted by Crippen LogP contribution is -2.49. The molecule has 0 heterocycles. The monoisotopic (exact) mass is 559 g/mol. The summed E-state index contributed by atoms with van der Waals surface area (Å²) < 4.78 is 39.1. The van der Waals surface area contributed by atoms with Gasteiger partial charge in [-0.15, -0.1) is 0 Å². The fourth-order valence-corrected chi connectivity index (χ4v) is 4.78. The molecule has 0 aromatic heterocycles. The van der Waals surface area contributed by atoms with Gasteiger partial charge in [-0.2, -0.15) is 0 Å². The van der Waals surface area contributed by atoms with Gasteiger partial charge in [0.25, 0.3) is 0 Å². The van der Waals surface area contributed by atoms with Crippen LogP contribution in [0.3, 0.4) is 0 Å². The minimum atomic E-state index is -3.66. The molecule has 2 amide bonds. The molecular formula is C25H32Cl2FN3O4S. The van der Waals surface area contributed by atoms with Crippen LogP contribution in [0.15, 0.2) is 42.5 Å². The molecule has 0 radical (unpaired) electrons. The van der Waals surface area contributed by atoms with Crippen LogP contribution in [0, 0.1) is 5.82 Å². The highest BCUT2D eigenvalue weighted by molar-refractivity contribution is 7.92. The molecule has 0 saturated carbocycles. The second kappa shape index (κ2) is 13.3. The van der Waals surface area contributed by atoms with Gasteiger partial charge in [-0.25, -0.2) is 12.8 Å². The van der Waals surface area contributed by atoms with Crippen molar-refractivity contribution >= 4 is 50.7 Å². The third-order valence-electron chi connectivity index (χ3n) is 5.77. The summed E-state index contributed by atoms with van der Waals surface area (Å²) in [6.45, 7) is 5.62. The van der Waals surface area contributed by atoms with E-state index in [0.717, 1.165) is 17.0 Å². The highest BCUT2D eigenvalue weighted by atomic mass is 35.5. The topological polar surface area (TPSA) is 86.8 Å². The first kappa shape index (κ1) is 29.9. The van der Waals surface area contributed by atoms with Crippen LogP contribution in [-0.4, -0.2) is 50.0 Å². The van der Waals surface area contributed by atoms with Crippen LogP contribution >= 0.6 is 23.2 Å². The molecule has 0 aliphatic rings. The number of hydrogen-bond donors (Lipinski definition) is 1. The van der Waals surface area contributed by atoms with E-state index in [-0.39, 0.29) is 43.8 Å². The number of rotatable bonds is 12. The number of carbonyl (C=O) groups is 2. The molecule has 2 atom stereocenters. The molecule has 198 valence electrons. The van der Waals surface area contributed by atoms with Crippen molar-refractivity contribution < 1.29 is 22.4 Å². The maximum Gasteiger partial charge on any atom is 0.242 e. The second-order valence-corrected chi connectivity index (χ2v) is 11.4. The normalized spacial score (nSPS) is 13.1. The van der Waals surface area contributed by atoms with E-state index in [9.17, 15) is 22.4 Å². The number of halogens is 3. The first-order valence-electron chi connectivity index (χ1n) is 11.6. The molecule has 11 heteroatoms. The smallest absolute Gasteiger partial charge is 0.242 e. The van der Waals surface area contributed by atoms with Gasteiger partial charge < -0.3 is 10.2 Å². The van der Waals surface area contributed by atoms with Gasteiger partial charge in [0.2, 0.25) is 21.8 Å². The summed E-state index contributed by atoms with van der Waals surface area (Å²) in [6.07, 6.45) is 1.98. The van der Waals surface area contributed by atoms with Gasteiger partial charge in [0.05, 0.1) is 22.0 Å². The zero-order valence-corrected chi connectivity index (χ0v) is 23.1. The van der Waals surface area contributed by atoms with E-state index in [1.807, 2.05) is 13.8 Å². The molecule has 2 aromatic carbocycles. The van der Waals surface area contributed by atoms with E-state index in [1.54, 1.807) is 25.1 Å². The number of benzene rings is 2. The van der Waals surface area contributed by atoms with Crippen LogP contribution < -0.4 is 9.62 Å². The van der Waals surface area contributed by atoms with Gasteiger partial charge in [0.15, 0.2) is 0 Å². The molecule has 1 N–H and O–H groups in total. The zero-order chi connectivity index (χ0) is 27.0. The first-order chi connectivity index (χ1) is 16.8. The highest BCUT2D eigenvalue weighted by Gasteiger charge is 2.27. The number of hydrogen-bond acceptors (Lipinski definition) is 4. The van der Waals surface area contributed by atoms with Crippen LogP contribution in [0.1, 0.15) is 45.6 Å². The van der Waals surface area contributed by atoms with Crippen LogP contribution in [-0.2, 0) is 26.2 Å². The van der Waals surface area contributed by atoms with Crippen LogP contribution in [0.2, 0.25) is 10.0 Å². The van der Waals surface area contributed by atoms with Crippen LogP contribution in [0.5, 0.6) is 0 Å². The number of amides is 2. The first-order valence-corrected chi connectivity index (χ1v) is 14.2. The minimum Gasteiger partial charge on any atom is -0.352 e. The summed E-state index contributed by atoms with van der Waals surface area (Å²) in [7, 11) is -3.66. The van der Waals surface area contributed by atoms with E-state index in [4.69, 9.17) is 23.2 Å². The Hall–Kier alpha value is -2.36. The standard InChI is InChI=1S/C25H32Cl2FN3O4S/c1-5-17(2)29-25(33)18(3)30(16-19-8-13-22(26)23(27)15-19)24(32)7-6-14-31(36(4,34)35)21-11-9-20(28)10-12-21/h8-13,15,17-18H,5-7,14,16H2,1-4H3,(H,29,33)/t17-,18-/m0/s1. The Morgan fingerprint density at radius 3 is 2.25 bits per heavy atom. The second-order valence-electron chi connectivity index (χ2n) is 8.68. The van der Waals surface area contributed by atoms with Gasteiger partial charge in [-0.1, -0.05) is 36.2 Å². The average Bonchev–Trinajstić information content (AvgIpc) is 2.81. The van der Waals surface area contributed by atoms with E-state index in [0.29, 0.717) is 21.3 Å². The number of nitrogens with one attached hydrogen (secondary N) is 1. The zero-order valence-electron chi connectivity index (χ0n) is 20.8. The number of carbonyl (C=O) groups excluding carboxylic acids is 2. The van der Waals surface area contributed by atoms with E-state index >= 15 is 0 Å². The Balaban J connectivity index is 2.19. The van der Waals surface area contributed by atoms with E-state index in [2.05, 4.69) is 5.32 Å². The van der Waals surface area contributed by atoms with Crippen molar-refractivity contribution in [3.63, 3.8) is 0 Å². The molecule has 0 aliphatic carbocycles. The minimum absolute atomic E-state index is 0.00448. The number of anilines is 1. The maximum absolute atomic E-state index is 13.3. The molecule has 36 heavy (non-hydrogen) atoms. The lowest BCUT2D eigenvalue weighted by Gasteiger charge is -2.30. The van der Waals surface area contributed by atoms with Crippen molar-refractivity contribution in [3.05, 3.63) is 63.9 Å². The van der Waals surface area contributed by atoms with E-state index in [1.165, 1.54) is 29.2 Å². The molecule has 0 spiro atoms. The summed E-state index contributed by atoms with van der Waals surface area (Å²) in [6, 6.07) is 9.26. The van der Waals surface area contributed by atoms with Crippen LogP contribution in [0.25, 0.3) is 0 Å². The van der Waals surface area contributed by atoms with Gasteiger partial charge >= 0.3 is 0 Å². The fraction of sp³-hybridized carbons (Fsp3) is 0.440. The SMILES string of the molecule is CC[C@H](C)NC(=O)[C@H](C)N(Cc1ccc(Cl)c(Cl)c1)C(=O)CCCN(c1ccc(F)cc1)S(C)(=O)=O. The highest BCUT2D eigenvalue weighted by Crippen LogP contribution is 2.24. The van der Waals surface area contributed by atoms with Crippen molar-refractivity contribution in [2.24, 2.45) is 0 Å². The van der Waals surface area contributed by atoms with Gasteiger partial charge in [0.1, 0.15) is 11.9 Å². The fourth-order valence-electron chi connectivity index (χ4n) is 3.49. The Labute approximate surface area is 222 Å². The summed E-state index contributed by atoms with van der Waals surface area (Å²) in [5.41, 5.74) is 1.00. The molecule has 0 fully saturated rings. The Morgan fingerprint density at radius 1 is 1.06 bits per heavy atom. The Kier molecular flexibility index (Phi) is 11.0. The van der Waals surface area contributed by atoms with Gasteiger partial charge in [-0.05, 0) is 68.7 Å². The Bertz CT molecular complexity index is 1160. The molecule has 0 aliphatic heterocycles. The lowest BCUT2D eigenvalue weighted by molar-refractivity contribution is -0.140. The van der Waals surface area contributed by atoms with E-state index < -0.39 is 21.9 Å². The number of sulfonamides is 1. The van der Waals surface area contributed by atoms with Gasteiger partial charge in [0, 0.05) is 25.6 Å². The van der Waals surface area contributed by atoms with Crippen molar-refractivity contribution in [1.29, 1.82) is 0 Å². The summed E-state index contributed by atoms with van der Waals surface area (Å²) in [4.78, 5) is 27.6. The molecule has 2 rings (SSSR count). The lowest BCUT2D eigenvalue weighted by atomic mass is 10.1. The van der Waals surface area contributed by atoms with Crippen LogP contribution in [0.4, 0.5) is 10.1 Å². The molecule has 0 saturated heterocycles. The third kappa shape index (κ3) is 8.64. The molecular weight excluding hydrogens is 528 g/mol.